The van der Waals surface area contributed by atoms with Gasteiger partial charge in [0.2, 0.25) is 5.82 Å². The van der Waals surface area contributed by atoms with Crippen LogP contribution in [-0.2, 0) is 6.42 Å². The van der Waals surface area contributed by atoms with Crippen LogP contribution in [0.1, 0.15) is 18.2 Å². The van der Waals surface area contributed by atoms with Gasteiger partial charge in [-0.05, 0) is 31.5 Å². The Kier molecular flexibility index (Phi) is 5.05. The van der Waals surface area contributed by atoms with Crippen molar-refractivity contribution in [1.82, 2.24) is 25.1 Å². The molecule has 3 heterocycles. The number of aryl methyl sites for hydroxylation is 1. The SMILES string of the molecule is Cc1ccccc1-c1noc(-c2ccc(N[C@@H](C)Cc3cnccn3)nc2)n1. The molecule has 0 amide bonds. The molecular formula is C21H20N6O. The van der Waals surface area contributed by atoms with E-state index in [0.717, 1.165) is 34.6 Å². The Morgan fingerprint density at radius 2 is 1.93 bits per heavy atom. The van der Waals surface area contributed by atoms with Gasteiger partial charge in [-0.2, -0.15) is 4.98 Å². The third kappa shape index (κ3) is 4.03. The minimum atomic E-state index is 0.172. The van der Waals surface area contributed by atoms with Gasteiger partial charge in [0.15, 0.2) is 0 Å². The molecule has 0 aliphatic heterocycles. The van der Waals surface area contributed by atoms with Crippen LogP contribution in [0.5, 0.6) is 0 Å². The first-order valence-electron chi connectivity index (χ1n) is 9.06. The standard InChI is InChI=1S/C21H20N6O/c1-14-5-3-4-6-18(14)20-26-21(28-27-20)16-7-8-19(24-12-16)25-15(2)11-17-13-22-9-10-23-17/h3-10,12-13,15H,11H2,1-2H3,(H,24,25)/t15-/m0/s1. The van der Waals surface area contributed by atoms with Gasteiger partial charge in [-0.25, -0.2) is 4.98 Å². The zero-order chi connectivity index (χ0) is 19.3. The summed E-state index contributed by atoms with van der Waals surface area (Å²) in [6, 6.07) is 11.9. The Labute approximate surface area is 162 Å². The van der Waals surface area contributed by atoms with Gasteiger partial charge in [-0.15, -0.1) is 0 Å². The quantitative estimate of drug-likeness (QED) is 0.548. The molecule has 0 bridgehead atoms. The van der Waals surface area contributed by atoms with Crippen molar-refractivity contribution in [2.75, 3.05) is 5.32 Å². The zero-order valence-electron chi connectivity index (χ0n) is 15.7. The molecule has 7 heteroatoms. The molecule has 1 N–H and O–H groups in total. The Hall–Kier alpha value is -3.61. The van der Waals surface area contributed by atoms with Crippen LogP contribution in [0, 0.1) is 6.92 Å². The largest absolute Gasteiger partial charge is 0.367 e. The molecule has 7 nitrogen and oxygen atoms in total. The summed E-state index contributed by atoms with van der Waals surface area (Å²) in [5.41, 5.74) is 3.78. The van der Waals surface area contributed by atoms with Gasteiger partial charge >= 0.3 is 0 Å². The molecule has 0 spiro atoms. The molecule has 3 aromatic heterocycles. The van der Waals surface area contributed by atoms with Crippen molar-refractivity contribution in [2.24, 2.45) is 0 Å². The first kappa shape index (κ1) is 17.8. The molecule has 0 saturated carbocycles. The predicted octanol–water partition coefficient (Wildman–Crippen LogP) is 3.94. The van der Waals surface area contributed by atoms with Crippen molar-refractivity contribution in [3.8, 4) is 22.8 Å². The van der Waals surface area contributed by atoms with Crippen LogP contribution in [-0.4, -0.2) is 31.1 Å². The van der Waals surface area contributed by atoms with E-state index in [1.165, 1.54) is 0 Å². The lowest BCUT2D eigenvalue weighted by atomic mass is 10.1. The highest BCUT2D eigenvalue weighted by Gasteiger charge is 2.13. The van der Waals surface area contributed by atoms with E-state index in [1.54, 1.807) is 24.8 Å². The maximum Gasteiger partial charge on any atom is 0.259 e. The van der Waals surface area contributed by atoms with E-state index in [2.05, 4.69) is 37.3 Å². The molecule has 4 aromatic rings. The number of anilines is 1. The topological polar surface area (TPSA) is 89.6 Å². The van der Waals surface area contributed by atoms with Crippen LogP contribution in [0.4, 0.5) is 5.82 Å². The van der Waals surface area contributed by atoms with Gasteiger partial charge < -0.3 is 9.84 Å². The zero-order valence-corrected chi connectivity index (χ0v) is 15.7. The lowest BCUT2D eigenvalue weighted by Gasteiger charge is -2.13. The molecule has 0 fully saturated rings. The number of nitrogens with zero attached hydrogens (tertiary/aromatic N) is 5. The van der Waals surface area contributed by atoms with Gasteiger partial charge in [0, 0.05) is 42.8 Å². The smallest absolute Gasteiger partial charge is 0.259 e. The van der Waals surface area contributed by atoms with E-state index in [-0.39, 0.29) is 6.04 Å². The minimum absolute atomic E-state index is 0.172. The summed E-state index contributed by atoms with van der Waals surface area (Å²) < 4.78 is 5.42. The van der Waals surface area contributed by atoms with Crippen LogP contribution in [0.25, 0.3) is 22.8 Å². The third-order valence-corrected chi connectivity index (χ3v) is 4.35. The number of hydrogen-bond acceptors (Lipinski definition) is 7. The Bertz CT molecular complexity index is 1050. The second kappa shape index (κ2) is 7.96. The molecule has 0 unspecified atom stereocenters. The van der Waals surface area contributed by atoms with Gasteiger partial charge in [-0.3, -0.25) is 9.97 Å². The molecule has 0 saturated heterocycles. The second-order valence-corrected chi connectivity index (χ2v) is 6.62. The highest BCUT2D eigenvalue weighted by molar-refractivity contribution is 5.62. The van der Waals surface area contributed by atoms with Crippen LogP contribution in [0.2, 0.25) is 0 Å². The van der Waals surface area contributed by atoms with E-state index >= 15 is 0 Å². The predicted molar refractivity (Wildman–Crippen MR) is 107 cm³/mol. The summed E-state index contributed by atoms with van der Waals surface area (Å²) in [5, 5.41) is 7.46. The van der Waals surface area contributed by atoms with Crippen LogP contribution in [0.15, 0.2) is 65.7 Å². The molecule has 1 atom stereocenters. The van der Waals surface area contributed by atoms with Crippen molar-refractivity contribution in [1.29, 1.82) is 0 Å². The van der Waals surface area contributed by atoms with E-state index < -0.39 is 0 Å². The van der Waals surface area contributed by atoms with Gasteiger partial charge in [0.1, 0.15) is 5.82 Å². The Balaban J connectivity index is 1.44. The van der Waals surface area contributed by atoms with Crippen molar-refractivity contribution >= 4 is 5.82 Å². The molecule has 0 aliphatic rings. The number of aromatic nitrogens is 5. The molecule has 28 heavy (non-hydrogen) atoms. The lowest BCUT2D eigenvalue weighted by molar-refractivity contribution is 0.432. The average Bonchev–Trinajstić information content (AvgIpc) is 3.19. The number of pyridine rings is 1. The summed E-state index contributed by atoms with van der Waals surface area (Å²) in [6.45, 7) is 4.10. The molecule has 1 aromatic carbocycles. The molecule has 4 rings (SSSR count). The number of benzene rings is 1. The van der Waals surface area contributed by atoms with Crippen molar-refractivity contribution in [3.05, 3.63) is 72.4 Å². The number of rotatable bonds is 6. The highest BCUT2D eigenvalue weighted by Crippen LogP contribution is 2.24. The van der Waals surface area contributed by atoms with E-state index in [0.29, 0.717) is 11.7 Å². The van der Waals surface area contributed by atoms with Crippen LogP contribution in [0.3, 0.4) is 0 Å². The average molecular weight is 372 g/mol. The first-order chi connectivity index (χ1) is 13.7. The van der Waals surface area contributed by atoms with Crippen molar-refractivity contribution in [3.63, 3.8) is 0 Å². The van der Waals surface area contributed by atoms with Crippen molar-refractivity contribution in [2.45, 2.75) is 26.3 Å². The summed E-state index contributed by atoms with van der Waals surface area (Å²) in [6.07, 6.45) is 7.64. The Morgan fingerprint density at radius 3 is 2.68 bits per heavy atom. The van der Waals surface area contributed by atoms with Gasteiger partial charge in [0.25, 0.3) is 5.89 Å². The summed E-state index contributed by atoms with van der Waals surface area (Å²) in [5.74, 6) is 1.80. The fraction of sp³-hybridized carbons (Fsp3) is 0.190. The molecule has 0 aliphatic carbocycles. The molecule has 140 valence electrons. The maximum absolute atomic E-state index is 5.42. The fourth-order valence-corrected chi connectivity index (χ4v) is 2.93. The number of hydrogen-bond donors (Lipinski definition) is 1. The summed E-state index contributed by atoms with van der Waals surface area (Å²) >= 11 is 0. The maximum atomic E-state index is 5.42. The van der Waals surface area contributed by atoms with Gasteiger partial charge in [0.05, 0.1) is 11.3 Å². The normalized spacial score (nSPS) is 11.9. The molecular weight excluding hydrogens is 352 g/mol. The van der Waals surface area contributed by atoms with E-state index in [4.69, 9.17) is 4.52 Å². The Morgan fingerprint density at radius 1 is 1.04 bits per heavy atom. The minimum Gasteiger partial charge on any atom is -0.367 e. The monoisotopic (exact) mass is 372 g/mol. The number of nitrogens with one attached hydrogen (secondary N) is 1. The van der Waals surface area contributed by atoms with Crippen LogP contribution < -0.4 is 5.32 Å². The summed E-state index contributed by atoms with van der Waals surface area (Å²) in [7, 11) is 0. The first-order valence-corrected chi connectivity index (χ1v) is 9.06. The van der Waals surface area contributed by atoms with Crippen molar-refractivity contribution < 1.29 is 4.52 Å². The summed E-state index contributed by atoms with van der Waals surface area (Å²) in [4.78, 5) is 17.4. The highest BCUT2D eigenvalue weighted by atomic mass is 16.5. The lowest BCUT2D eigenvalue weighted by Crippen LogP contribution is -2.19. The third-order valence-electron chi connectivity index (χ3n) is 4.35. The second-order valence-electron chi connectivity index (χ2n) is 6.62. The van der Waals surface area contributed by atoms with E-state index in [1.807, 2.05) is 43.3 Å². The van der Waals surface area contributed by atoms with Crippen LogP contribution >= 0.6 is 0 Å². The molecule has 0 radical (unpaired) electrons. The van der Waals surface area contributed by atoms with Gasteiger partial charge in [-0.1, -0.05) is 29.4 Å². The fourth-order valence-electron chi connectivity index (χ4n) is 2.93. The van der Waals surface area contributed by atoms with E-state index in [9.17, 15) is 0 Å².